The molecular formula is C28H25ClN6O3S. The van der Waals surface area contributed by atoms with E-state index in [-0.39, 0.29) is 29.6 Å². The fourth-order valence-electron chi connectivity index (χ4n) is 4.59. The molecule has 1 aliphatic rings. The number of hydrogen-bond acceptors (Lipinski definition) is 5. The standard InChI is InChI=1S/C28H25ClN6O3S/c1-17(2)27(36)31-22-12-11-19(16-21(22)29)34-26(25(32-28(34)39)23-9-3-4-13-30-23)24-10-6-14-33(24)18-7-5-8-20(15-18)35(37)38/h3-17,25-26H,1-2H3,(H,31,36)(H,32,39). The van der Waals surface area contributed by atoms with Crippen LogP contribution in [-0.2, 0) is 4.79 Å². The van der Waals surface area contributed by atoms with E-state index in [1.165, 1.54) is 12.1 Å². The summed E-state index contributed by atoms with van der Waals surface area (Å²) >= 11 is 12.4. The van der Waals surface area contributed by atoms with Crippen LogP contribution in [0.25, 0.3) is 5.69 Å². The first-order valence-corrected chi connectivity index (χ1v) is 13.1. The van der Waals surface area contributed by atoms with Gasteiger partial charge < -0.3 is 20.1 Å². The lowest BCUT2D eigenvalue weighted by molar-refractivity contribution is -0.384. The molecule has 1 amide bonds. The SMILES string of the molecule is CC(C)C(=O)Nc1ccc(N2C(=S)NC(c3ccccn3)C2c2cccn2-c2cccc([N+](=O)[O-])c2)cc1Cl. The molecular weight excluding hydrogens is 536 g/mol. The van der Waals surface area contributed by atoms with Crippen molar-refractivity contribution in [2.45, 2.75) is 25.9 Å². The van der Waals surface area contributed by atoms with E-state index in [1.807, 2.05) is 72.0 Å². The molecule has 1 aliphatic heterocycles. The number of non-ortho nitro benzene ring substituents is 1. The number of amides is 1. The van der Waals surface area contributed by atoms with Crippen LogP contribution in [0.15, 0.2) is 85.2 Å². The highest BCUT2D eigenvalue weighted by Crippen LogP contribution is 2.43. The third-order valence-corrected chi connectivity index (χ3v) is 7.14. The molecule has 0 bridgehead atoms. The summed E-state index contributed by atoms with van der Waals surface area (Å²) in [7, 11) is 0. The summed E-state index contributed by atoms with van der Waals surface area (Å²) < 4.78 is 1.91. The largest absolute Gasteiger partial charge is 0.351 e. The zero-order valence-corrected chi connectivity index (χ0v) is 22.7. The molecule has 2 atom stereocenters. The highest BCUT2D eigenvalue weighted by Gasteiger charge is 2.42. The molecule has 11 heteroatoms. The second kappa shape index (κ2) is 10.8. The Hall–Kier alpha value is -4.28. The number of nitrogens with one attached hydrogen (secondary N) is 2. The van der Waals surface area contributed by atoms with E-state index in [2.05, 4.69) is 15.6 Å². The number of aromatic nitrogens is 2. The van der Waals surface area contributed by atoms with Crippen LogP contribution in [0, 0.1) is 16.0 Å². The second-order valence-electron chi connectivity index (χ2n) is 9.38. The fraction of sp³-hybridized carbons (Fsp3) is 0.179. The number of pyridine rings is 1. The van der Waals surface area contributed by atoms with Crippen molar-refractivity contribution in [3.63, 3.8) is 0 Å². The van der Waals surface area contributed by atoms with Crippen molar-refractivity contribution in [3.8, 4) is 5.69 Å². The van der Waals surface area contributed by atoms with Crippen LogP contribution in [0.5, 0.6) is 0 Å². The van der Waals surface area contributed by atoms with Gasteiger partial charge in [0, 0.05) is 41.8 Å². The highest BCUT2D eigenvalue weighted by molar-refractivity contribution is 7.80. The van der Waals surface area contributed by atoms with Gasteiger partial charge in [-0.25, -0.2) is 0 Å². The van der Waals surface area contributed by atoms with Gasteiger partial charge in [0.05, 0.1) is 33.1 Å². The van der Waals surface area contributed by atoms with Crippen LogP contribution in [-0.4, -0.2) is 25.5 Å². The molecule has 2 unspecified atom stereocenters. The van der Waals surface area contributed by atoms with E-state index in [0.29, 0.717) is 21.5 Å². The minimum atomic E-state index is -0.413. The molecule has 0 radical (unpaired) electrons. The molecule has 2 aromatic carbocycles. The van der Waals surface area contributed by atoms with E-state index in [1.54, 1.807) is 24.4 Å². The van der Waals surface area contributed by atoms with Gasteiger partial charge in [-0.15, -0.1) is 0 Å². The normalized spacial score (nSPS) is 16.8. The van der Waals surface area contributed by atoms with Crippen LogP contribution in [0.4, 0.5) is 17.1 Å². The second-order valence-corrected chi connectivity index (χ2v) is 10.2. The molecule has 0 saturated carbocycles. The average Bonchev–Trinajstić information content (AvgIpc) is 3.54. The van der Waals surface area contributed by atoms with Crippen LogP contribution in [0.1, 0.15) is 37.3 Å². The zero-order valence-electron chi connectivity index (χ0n) is 21.1. The van der Waals surface area contributed by atoms with Gasteiger partial charge in [0.25, 0.3) is 5.69 Å². The van der Waals surface area contributed by atoms with Crippen LogP contribution in [0.3, 0.4) is 0 Å². The lowest BCUT2D eigenvalue weighted by Crippen LogP contribution is -2.30. The van der Waals surface area contributed by atoms with E-state index < -0.39 is 4.92 Å². The maximum atomic E-state index is 12.2. The zero-order chi connectivity index (χ0) is 27.7. The Morgan fingerprint density at radius 1 is 1.10 bits per heavy atom. The van der Waals surface area contributed by atoms with Crippen LogP contribution < -0.4 is 15.5 Å². The minimum Gasteiger partial charge on any atom is -0.351 e. The Kier molecular flexibility index (Phi) is 7.32. The number of nitro benzene ring substituents is 1. The summed E-state index contributed by atoms with van der Waals surface area (Å²) in [5, 5.41) is 18.6. The Morgan fingerprint density at radius 2 is 1.92 bits per heavy atom. The predicted molar refractivity (Wildman–Crippen MR) is 155 cm³/mol. The summed E-state index contributed by atoms with van der Waals surface area (Å²) in [4.78, 5) is 29.8. The molecule has 9 nitrogen and oxygen atoms in total. The molecule has 1 fully saturated rings. The summed E-state index contributed by atoms with van der Waals surface area (Å²) in [6.45, 7) is 3.62. The number of carbonyl (C=O) groups is 1. The number of halogens is 1. The van der Waals surface area contributed by atoms with Crippen molar-refractivity contribution in [1.29, 1.82) is 0 Å². The molecule has 0 aliphatic carbocycles. The van der Waals surface area contributed by atoms with E-state index in [0.717, 1.165) is 17.1 Å². The third-order valence-electron chi connectivity index (χ3n) is 6.51. The predicted octanol–water partition coefficient (Wildman–Crippen LogP) is 6.21. The topological polar surface area (TPSA) is 105 Å². The Bertz CT molecular complexity index is 1560. The third kappa shape index (κ3) is 5.21. The minimum absolute atomic E-state index is 0.00355. The van der Waals surface area contributed by atoms with Gasteiger partial charge >= 0.3 is 0 Å². The average molecular weight is 561 g/mol. The Morgan fingerprint density at radius 3 is 2.62 bits per heavy atom. The number of thiocarbonyl (C=S) groups is 1. The number of hydrogen-bond donors (Lipinski definition) is 2. The number of nitrogens with zero attached hydrogens (tertiary/aromatic N) is 4. The molecule has 3 heterocycles. The monoisotopic (exact) mass is 560 g/mol. The van der Waals surface area contributed by atoms with Gasteiger partial charge in [-0.2, -0.15) is 0 Å². The van der Waals surface area contributed by atoms with Crippen LogP contribution in [0.2, 0.25) is 5.02 Å². The lowest BCUT2D eigenvalue weighted by atomic mass is 10.0. The number of carbonyl (C=O) groups excluding carboxylic acids is 1. The summed E-state index contributed by atoms with van der Waals surface area (Å²) in [5.74, 6) is -0.327. The maximum absolute atomic E-state index is 12.2. The Balaban J connectivity index is 1.61. The molecule has 2 N–H and O–H groups in total. The van der Waals surface area contributed by atoms with Gasteiger partial charge in [0.1, 0.15) is 6.04 Å². The van der Waals surface area contributed by atoms with Gasteiger partial charge in [0.2, 0.25) is 5.91 Å². The van der Waals surface area contributed by atoms with Gasteiger partial charge in [-0.05, 0) is 60.7 Å². The first-order valence-electron chi connectivity index (χ1n) is 12.3. The van der Waals surface area contributed by atoms with E-state index in [9.17, 15) is 14.9 Å². The molecule has 198 valence electrons. The molecule has 2 aromatic heterocycles. The first kappa shape index (κ1) is 26.3. The Labute approximate surface area is 235 Å². The summed E-state index contributed by atoms with van der Waals surface area (Å²) in [6, 6.07) is 20.7. The molecule has 4 aromatic rings. The lowest BCUT2D eigenvalue weighted by Gasteiger charge is -2.29. The van der Waals surface area contributed by atoms with Gasteiger partial charge in [-0.1, -0.05) is 37.6 Å². The van der Waals surface area contributed by atoms with Crippen molar-refractivity contribution in [1.82, 2.24) is 14.9 Å². The number of rotatable bonds is 7. The van der Waals surface area contributed by atoms with Crippen molar-refractivity contribution in [2.24, 2.45) is 5.92 Å². The molecule has 1 saturated heterocycles. The molecule has 39 heavy (non-hydrogen) atoms. The highest BCUT2D eigenvalue weighted by atomic mass is 35.5. The molecule has 0 spiro atoms. The smallest absolute Gasteiger partial charge is 0.271 e. The number of benzene rings is 2. The summed E-state index contributed by atoms with van der Waals surface area (Å²) in [5.41, 5.74) is 3.49. The van der Waals surface area contributed by atoms with Crippen molar-refractivity contribution in [3.05, 3.63) is 112 Å². The number of anilines is 2. The van der Waals surface area contributed by atoms with Crippen molar-refractivity contribution >= 4 is 51.9 Å². The van der Waals surface area contributed by atoms with Crippen LogP contribution >= 0.6 is 23.8 Å². The van der Waals surface area contributed by atoms with Gasteiger partial charge in [-0.3, -0.25) is 19.9 Å². The maximum Gasteiger partial charge on any atom is 0.271 e. The van der Waals surface area contributed by atoms with Crippen molar-refractivity contribution in [2.75, 3.05) is 10.2 Å². The number of nitro groups is 1. The first-order chi connectivity index (χ1) is 18.7. The van der Waals surface area contributed by atoms with E-state index in [4.69, 9.17) is 23.8 Å². The van der Waals surface area contributed by atoms with Crippen molar-refractivity contribution < 1.29 is 9.72 Å². The summed E-state index contributed by atoms with van der Waals surface area (Å²) in [6.07, 6.45) is 3.59. The van der Waals surface area contributed by atoms with Gasteiger partial charge in [0.15, 0.2) is 5.11 Å². The fourth-order valence-corrected chi connectivity index (χ4v) is 5.16. The molecule has 5 rings (SSSR count). The van der Waals surface area contributed by atoms with E-state index >= 15 is 0 Å². The quantitative estimate of drug-likeness (QED) is 0.157.